The number of nitrogens with zero attached hydrogens (tertiary/aromatic N) is 2. The molecule has 0 fully saturated rings. The van der Waals surface area contributed by atoms with Crippen LogP contribution >= 0.6 is 0 Å². The van der Waals surface area contributed by atoms with Crippen molar-refractivity contribution in [3.63, 3.8) is 0 Å². The molecule has 1 rings (SSSR count). The van der Waals surface area contributed by atoms with Crippen molar-refractivity contribution in [1.82, 2.24) is 4.98 Å². The molecule has 1 heterocycles. The van der Waals surface area contributed by atoms with Gasteiger partial charge in [-0.25, -0.2) is 8.78 Å². The number of methoxy groups -OCH3 is 2. The van der Waals surface area contributed by atoms with Gasteiger partial charge in [-0.1, -0.05) is 0 Å². The third-order valence-electron chi connectivity index (χ3n) is 2.25. The summed E-state index contributed by atoms with van der Waals surface area (Å²) in [6.45, 7) is 0. The van der Waals surface area contributed by atoms with E-state index >= 15 is 0 Å². The van der Waals surface area contributed by atoms with E-state index in [4.69, 9.17) is 0 Å². The van der Waals surface area contributed by atoms with Gasteiger partial charge >= 0.3 is 11.8 Å². The minimum Gasteiger partial charge on any atom is -0.489 e. The van der Waals surface area contributed by atoms with Gasteiger partial charge in [0.1, 0.15) is 6.42 Å². The maximum atomic E-state index is 12.8. The van der Waals surface area contributed by atoms with Crippen molar-refractivity contribution < 1.29 is 28.0 Å². The van der Waals surface area contributed by atoms with Crippen LogP contribution in [0.1, 0.15) is 17.7 Å². The molecule has 0 bridgehead atoms. The Labute approximate surface area is 106 Å². The Balaban J connectivity index is 3.36. The van der Waals surface area contributed by atoms with E-state index in [9.17, 15) is 23.7 Å². The summed E-state index contributed by atoms with van der Waals surface area (Å²) in [6.07, 6.45) is -3.53. The Morgan fingerprint density at radius 3 is 2.58 bits per heavy atom. The number of hydrogen-bond acceptors (Lipinski definition) is 6. The number of ether oxygens (including phenoxy) is 2. The first kappa shape index (κ1) is 14.7. The molecule has 0 aliphatic heterocycles. The fraction of sp³-hybridized carbons (Fsp3) is 0.400. The second kappa shape index (κ2) is 6.03. The lowest BCUT2D eigenvalue weighted by molar-refractivity contribution is -0.390. The summed E-state index contributed by atoms with van der Waals surface area (Å²) < 4.78 is 34.6. The molecule has 19 heavy (non-hydrogen) atoms. The smallest absolute Gasteiger partial charge is 0.406 e. The monoisotopic (exact) mass is 276 g/mol. The number of esters is 1. The molecule has 0 aliphatic carbocycles. The van der Waals surface area contributed by atoms with E-state index in [2.05, 4.69) is 14.5 Å². The molecule has 1 aromatic heterocycles. The predicted octanol–water partition coefficient (Wildman–Crippen LogP) is 1.65. The molecule has 7 nitrogen and oxygen atoms in total. The van der Waals surface area contributed by atoms with Crippen LogP contribution in [0.15, 0.2) is 6.07 Å². The number of aromatic nitrogens is 1. The molecule has 0 amide bonds. The first-order valence-electron chi connectivity index (χ1n) is 4.97. The molecule has 0 spiro atoms. The highest BCUT2D eigenvalue weighted by Gasteiger charge is 2.28. The zero-order valence-electron chi connectivity index (χ0n) is 10.1. The van der Waals surface area contributed by atoms with Crippen LogP contribution in [-0.4, -0.2) is 30.1 Å². The number of carbonyl (C=O) groups is 1. The predicted molar refractivity (Wildman–Crippen MR) is 58.1 cm³/mol. The summed E-state index contributed by atoms with van der Waals surface area (Å²) in [5, 5.41) is 10.7. The molecule has 0 radical (unpaired) electrons. The number of alkyl halides is 2. The zero-order valence-corrected chi connectivity index (χ0v) is 10.1. The van der Waals surface area contributed by atoms with E-state index in [0.29, 0.717) is 0 Å². The third-order valence-corrected chi connectivity index (χ3v) is 2.25. The molecule has 0 N–H and O–H groups in total. The zero-order chi connectivity index (χ0) is 14.6. The van der Waals surface area contributed by atoms with Crippen LogP contribution in [0.25, 0.3) is 0 Å². The third kappa shape index (κ3) is 3.33. The number of nitro groups is 1. The van der Waals surface area contributed by atoms with Crippen molar-refractivity contribution >= 4 is 11.8 Å². The highest BCUT2D eigenvalue weighted by atomic mass is 19.3. The second-order valence-electron chi connectivity index (χ2n) is 3.36. The molecular formula is C10H10F2N2O5. The van der Waals surface area contributed by atoms with Gasteiger partial charge in [-0.05, 0) is 9.91 Å². The van der Waals surface area contributed by atoms with Crippen LogP contribution < -0.4 is 4.74 Å². The van der Waals surface area contributed by atoms with Crippen LogP contribution in [0.2, 0.25) is 0 Å². The Morgan fingerprint density at radius 2 is 2.16 bits per heavy atom. The van der Waals surface area contributed by atoms with E-state index in [1.807, 2.05) is 0 Å². The normalized spacial score (nSPS) is 10.4. The topological polar surface area (TPSA) is 91.6 Å². The lowest BCUT2D eigenvalue weighted by Crippen LogP contribution is -2.11. The average Bonchev–Trinajstić information content (AvgIpc) is 2.37. The Morgan fingerprint density at radius 1 is 1.53 bits per heavy atom. The summed E-state index contributed by atoms with van der Waals surface area (Å²) in [7, 11) is 2.17. The van der Waals surface area contributed by atoms with Gasteiger partial charge in [0.15, 0.2) is 5.69 Å². The first-order chi connectivity index (χ1) is 8.90. The fourth-order valence-corrected chi connectivity index (χ4v) is 1.36. The molecule has 0 atom stereocenters. The van der Waals surface area contributed by atoms with Gasteiger partial charge in [-0.15, -0.1) is 0 Å². The van der Waals surface area contributed by atoms with Gasteiger partial charge in [0.25, 0.3) is 6.43 Å². The van der Waals surface area contributed by atoms with Crippen LogP contribution in [0, 0.1) is 10.1 Å². The largest absolute Gasteiger partial charge is 0.489 e. The SMILES string of the molecule is COC(=O)Cc1nc([N+](=O)[O-])c(OC)cc1C(F)F. The number of carbonyl (C=O) groups excluding carboxylic acids is 1. The van der Waals surface area contributed by atoms with Crippen molar-refractivity contribution in [3.05, 3.63) is 27.4 Å². The van der Waals surface area contributed by atoms with Crippen molar-refractivity contribution in [1.29, 1.82) is 0 Å². The van der Waals surface area contributed by atoms with Crippen LogP contribution in [0.3, 0.4) is 0 Å². The second-order valence-corrected chi connectivity index (χ2v) is 3.36. The molecule has 1 aromatic rings. The van der Waals surface area contributed by atoms with Crippen LogP contribution in [0.5, 0.6) is 5.75 Å². The van der Waals surface area contributed by atoms with E-state index in [1.165, 1.54) is 0 Å². The van der Waals surface area contributed by atoms with Gasteiger partial charge in [-0.2, -0.15) is 0 Å². The molecule has 9 heteroatoms. The Hall–Kier alpha value is -2.32. The summed E-state index contributed by atoms with van der Waals surface area (Å²) in [5.74, 6) is -1.95. The number of hydrogen-bond donors (Lipinski definition) is 0. The highest BCUT2D eigenvalue weighted by molar-refractivity contribution is 5.72. The van der Waals surface area contributed by atoms with Crippen LogP contribution in [0.4, 0.5) is 14.6 Å². The minimum absolute atomic E-state index is 0.395. The van der Waals surface area contributed by atoms with Crippen LogP contribution in [-0.2, 0) is 16.0 Å². The van der Waals surface area contributed by atoms with Crippen molar-refractivity contribution in [3.8, 4) is 5.75 Å². The lowest BCUT2D eigenvalue weighted by Gasteiger charge is -2.07. The fourth-order valence-electron chi connectivity index (χ4n) is 1.36. The van der Waals surface area contributed by atoms with E-state index in [-0.39, 0.29) is 0 Å². The molecule has 104 valence electrons. The molecule has 0 unspecified atom stereocenters. The van der Waals surface area contributed by atoms with Crippen molar-refractivity contribution in [2.24, 2.45) is 0 Å². The molecule has 0 saturated carbocycles. The van der Waals surface area contributed by atoms with Crippen molar-refractivity contribution in [2.45, 2.75) is 12.8 Å². The molecule has 0 aliphatic rings. The average molecular weight is 276 g/mol. The van der Waals surface area contributed by atoms with Gasteiger partial charge in [0.05, 0.1) is 19.8 Å². The minimum atomic E-state index is -2.94. The number of rotatable bonds is 5. The summed E-state index contributed by atoms with van der Waals surface area (Å²) >= 11 is 0. The van der Waals surface area contributed by atoms with Gasteiger partial charge in [0.2, 0.25) is 5.75 Å². The van der Waals surface area contributed by atoms with E-state index in [1.54, 1.807) is 0 Å². The highest BCUT2D eigenvalue weighted by Crippen LogP contribution is 2.32. The molecule has 0 saturated heterocycles. The maximum absolute atomic E-state index is 12.8. The standard InChI is InChI=1S/C10H10F2N2O5/c1-18-7-3-5(9(11)12)6(4-8(15)19-2)13-10(7)14(16)17/h3,9H,4H2,1-2H3. The van der Waals surface area contributed by atoms with Gasteiger partial charge < -0.3 is 19.6 Å². The van der Waals surface area contributed by atoms with E-state index in [0.717, 1.165) is 20.3 Å². The Kier molecular flexibility index (Phi) is 4.67. The summed E-state index contributed by atoms with van der Waals surface area (Å²) in [6, 6.07) is 0.800. The summed E-state index contributed by atoms with van der Waals surface area (Å²) in [5.41, 5.74) is -1.01. The Bertz CT molecular complexity index is 507. The first-order valence-corrected chi connectivity index (χ1v) is 4.97. The number of halogens is 2. The van der Waals surface area contributed by atoms with Gasteiger partial charge in [-0.3, -0.25) is 4.79 Å². The number of pyridine rings is 1. The lowest BCUT2D eigenvalue weighted by atomic mass is 10.1. The van der Waals surface area contributed by atoms with E-state index < -0.39 is 46.6 Å². The summed E-state index contributed by atoms with van der Waals surface area (Å²) in [4.78, 5) is 24.4. The molecular weight excluding hydrogens is 266 g/mol. The molecule has 0 aromatic carbocycles. The maximum Gasteiger partial charge on any atom is 0.406 e. The van der Waals surface area contributed by atoms with Crippen molar-refractivity contribution in [2.75, 3.05) is 14.2 Å². The van der Waals surface area contributed by atoms with Gasteiger partial charge in [0, 0.05) is 6.07 Å². The quantitative estimate of drug-likeness (QED) is 0.461.